The van der Waals surface area contributed by atoms with E-state index < -0.39 is 39.9 Å². The van der Waals surface area contributed by atoms with Gasteiger partial charge in [-0.25, -0.2) is 0 Å². The van der Waals surface area contributed by atoms with Crippen LogP contribution in [0.4, 0.5) is 11.4 Å². The van der Waals surface area contributed by atoms with E-state index in [0.717, 1.165) is 5.56 Å². The van der Waals surface area contributed by atoms with Crippen molar-refractivity contribution in [2.24, 2.45) is 0 Å². The van der Waals surface area contributed by atoms with E-state index in [0.29, 0.717) is 16.4 Å². The SMILES string of the molecule is Cc1ccc(NC(=O)CS(=O)CC(=O)N(c2ccc(Cl)cc2)C(C)C(=O)NC(C)(C)C)cc1. The third-order valence-corrected chi connectivity index (χ3v) is 5.96. The number of aryl methyl sites for hydroxylation is 1. The normalized spacial score (nSPS) is 13.0. The van der Waals surface area contributed by atoms with Gasteiger partial charge in [0.25, 0.3) is 0 Å². The summed E-state index contributed by atoms with van der Waals surface area (Å²) in [4.78, 5) is 39.4. The van der Waals surface area contributed by atoms with Crippen LogP contribution >= 0.6 is 11.6 Å². The Morgan fingerprint density at radius 1 is 1.00 bits per heavy atom. The zero-order valence-corrected chi connectivity index (χ0v) is 21.0. The molecule has 2 rings (SSSR count). The van der Waals surface area contributed by atoms with Crippen molar-refractivity contribution >= 4 is 51.5 Å². The van der Waals surface area contributed by atoms with Crippen molar-refractivity contribution < 1.29 is 18.6 Å². The smallest absolute Gasteiger partial charge is 0.243 e. The first-order valence-corrected chi connectivity index (χ1v) is 12.3. The summed E-state index contributed by atoms with van der Waals surface area (Å²) < 4.78 is 12.6. The van der Waals surface area contributed by atoms with Gasteiger partial charge in [-0.1, -0.05) is 29.3 Å². The molecule has 0 aliphatic heterocycles. The van der Waals surface area contributed by atoms with Crippen molar-refractivity contribution in [3.63, 3.8) is 0 Å². The Morgan fingerprint density at radius 3 is 2.12 bits per heavy atom. The predicted molar refractivity (Wildman–Crippen MR) is 134 cm³/mol. The lowest BCUT2D eigenvalue weighted by Crippen LogP contribution is -2.53. The lowest BCUT2D eigenvalue weighted by molar-refractivity contribution is -0.126. The first kappa shape index (κ1) is 26.5. The molecule has 178 valence electrons. The van der Waals surface area contributed by atoms with Crippen LogP contribution in [0.2, 0.25) is 5.02 Å². The van der Waals surface area contributed by atoms with Crippen LogP contribution in [0.1, 0.15) is 33.3 Å². The number of hydrogen-bond donors (Lipinski definition) is 2. The average molecular weight is 492 g/mol. The molecule has 2 unspecified atom stereocenters. The Kier molecular flexibility index (Phi) is 9.19. The van der Waals surface area contributed by atoms with E-state index in [4.69, 9.17) is 11.6 Å². The topological polar surface area (TPSA) is 95.6 Å². The zero-order chi connectivity index (χ0) is 24.8. The third kappa shape index (κ3) is 8.63. The summed E-state index contributed by atoms with van der Waals surface area (Å²) >= 11 is 5.97. The second-order valence-electron chi connectivity index (χ2n) is 8.80. The fraction of sp³-hybridized carbons (Fsp3) is 0.375. The van der Waals surface area contributed by atoms with Crippen LogP contribution < -0.4 is 15.5 Å². The number of amides is 3. The van der Waals surface area contributed by atoms with E-state index in [1.54, 1.807) is 43.3 Å². The Labute approximate surface area is 202 Å². The minimum atomic E-state index is -1.77. The third-order valence-electron chi connectivity index (χ3n) is 4.55. The molecule has 2 aromatic rings. The molecule has 0 aliphatic rings. The number of halogens is 1. The number of carbonyl (C=O) groups excluding carboxylic acids is 3. The molecule has 33 heavy (non-hydrogen) atoms. The number of anilines is 2. The highest BCUT2D eigenvalue weighted by atomic mass is 35.5. The summed E-state index contributed by atoms with van der Waals surface area (Å²) in [6.07, 6.45) is 0. The number of nitrogens with one attached hydrogen (secondary N) is 2. The van der Waals surface area contributed by atoms with E-state index in [2.05, 4.69) is 10.6 Å². The van der Waals surface area contributed by atoms with Crippen LogP contribution in [0.25, 0.3) is 0 Å². The predicted octanol–water partition coefficient (Wildman–Crippen LogP) is 3.67. The monoisotopic (exact) mass is 491 g/mol. The van der Waals surface area contributed by atoms with Gasteiger partial charge in [-0.15, -0.1) is 0 Å². The summed E-state index contributed by atoms with van der Waals surface area (Å²) in [6.45, 7) is 9.05. The highest BCUT2D eigenvalue weighted by Gasteiger charge is 2.30. The molecular weight excluding hydrogens is 462 g/mol. The molecule has 0 spiro atoms. The maximum absolute atomic E-state index is 13.1. The average Bonchev–Trinajstić information content (AvgIpc) is 2.69. The Hall–Kier alpha value is -2.71. The number of benzene rings is 2. The molecule has 0 heterocycles. The van der Waals surface area contributed by atoms with Crippen LogP contribution in [0.5, 0.6) is 0 Å². The number of carbonyl (C=O) groups is 3. The van der Waals surface area contributed by atoms with Gasteiger partial charge in [0.1, 0.15) is 17.5 Å². The molecule has 2 aromatic carbocycles. The molecule has 0 radical (unpaired) electrons. The largest absolute Gasteiger partial charge is 0.350 e. The van der Waals surface area contributed by atoms with Gasteiger partial charge in [0.05, 0.1) is 0 Å². The molecule has 0 saturated heterocycles. The van der Waals surface area contributed by atoms with Gasteiger partial charge in [-0.05, 0) is 71.0 Å². The molecule has 0 aromatic heterocycles. The summed E-state index contributed by atoms with van der Waals surface area (Å²) in [6, 6.07) is 12.8. The van der Waals surface area contributed by atoms with Crippen LogP contribution in [0.15, 0.2) is 48.5 Å². The minimum absolute atomic E-state index is 0.337. The van der Waals surface area contributed by atoms with Gasteiger partial charge in [0, 0.05) is 32.7 Å². The molecule has 2 atom stereocenters. The molecule has 0 saturated carbocycles. The Balaban J connectivity index is 2.12. The molecule has 0 fully saturated rings. The molecule has 7 nitrogen and oxygen atoms in total. The van der Waals surface area contributed by atoms with Crippen LogP contribution in [0.3, 0.4) is 0 Å². The maximum atomic E-state index is 13.1. The van der Waals surface area contributed by atoms with Gasteiger partial charge in [0.2, 0.25) is 17.7 Å². The Bertz CT molecular complexity index is 1020. The fourth-order valence-corrected chi connectivity index (χ4v) is 4.02. The summed E-state index contributed by atoms with van der Waals surface area (Å²) in [5, 5.41) is 6.01. The highest BCUT2D eigenvalue weighted by molar-refractivity contribution is 7.86. The van der Waals surface area contributed by atoms with E-state index in [1.165, 1.54) is 4.90 Å². The van der Waals surface area contributed by atoms with Gasteiger partial charge >= 0.3 is 0 Å². The van der Waals surface area contributed by atoms with Crippen LogP contribution in [-0.4, -0.2) is 45.0 Å². The van der Waals surface area contributed by atoms with Crippen molar-refractivity contribution in [1.82, 2.24) is 5.32 Å². The first-order chi connectivity index (χ1) is 15.4. The van der Waals surface area contributed by atoms with Gasteiger partial charge in [-0.3, -0.25) is 23.5 Å². The van der Waals surface area contributed by atoms with E-state index in [9.17, 15) is 18.6 Å². The lowest BCUT2D eigenvalue weighted by atomic mass is 10.1. The van der Waals surface area contributed by atoms with E-state index in [1.807, 2.05) is 39.8 Å². The number of nitrogens with zero attached hydrogens (tertiary/aromatic N) is 1. The number of hydrogen-bond acceptors (Lipinski definition) is 4. The molecule has 0 bridgehead atoms. The molecule has 9 heteroatoms. The molecule has 3 amide bonds. The quantitative estimate of drug-likeness (QED) is 0.589. The van der Waals surface area contributed by atoms with E-state index in [-0.39, 0.29) is 11.7 Å². The summed E-state index contributed by atoms with van der Waals surface area (Å²) in [5.41, 5.74) is 1.59. The van der Waals surface area contributed by atoms with Crippen molar-refractivity contribution in [2.45, 2.75) is 46.2 Å². The minimum Gasteiger partial charge on any atom is -0.350 e. The molecule has 2 N–H and O–H groups in total. The second-order valence-corrected chi connectivity index (χ2v) is 10.7. The standard InChI is InChI=1S/C24H30ClN3O4S/c1-16-6-10-19(11-7-16)26-21(29)14-33(32)15-22(30)28(20-12-8-18(25)9-13-20)17(2)23(31)27-24(3,4)5/h6-13,17H,14-15H2,1-5H3,(H,26,29)(H,27,31). The summed E-state index contributed by atoms with van der Waals surface area (Å²) in [5.74, 6) is -2.08. The van der Waals surface area contributed by atoms with Crippen LogP contribution in [0, 0.1) is 6.92 Å². The van der Waals surface area contributed by atoms with Crippen LogP contribution in [-0.2, 0) is 25.2 Å². The fourth-order valence-electron chi connectivity index (χ4n) is 3.02. The first-order valence-electron chi connectivity index (χ1n) is 10.5. The van der Waals surface area contributed by atoms with Crippen molar-refractivity contribution in [3.8, 4) is 0 Å². The van der Waals surface area contributed by atoms with Gasteiger partial charge < -0.3 is 10.6 Å². The summed E-state index contributed by atoms with van der Waals surface area (Å²) in [7, 11) is -1.77. The van der Waals surface area contributed by atoms with Crippen molar-refractivity contribution in [3.05, 3.63) is 59.1 Å². The maximum Gasteiger partial charge on any atom is 0.243 e. The lowest BCUT2D eigenvalue weighted by Gasteiger charge is -2.31. The zero-order valence-electron chi connectivity index (χ0n) is 19.5. The highest BCUT2D eigenvalue weighted by Crippen LogP contribution is 2.21. The molecular formula is C24H30ClN3O4S. The molecule has 0 aliphatic carbocycles. The second kappa shape index (κ2) is 11.4. The van der Waals surface area contributed by atoms with E-state index >= 15 is 0 Å². The van der Waals surface area contributed by atoms with Crippen molar-refractivity contribution in [2.75, 3.05) is 21.7 Å². The van der Waals surface area contributed by atoms with Gasteiger partial charge in [-0.2, -0.15) is 0 Å². The Morgan fingerprint density at radius 2 is 1.58 bits per heavy atom. The van der Waals surface area contributed by atoms with Crippen molar-refractivity contribution in [1.29, 1.82) is 0 Å². The number of rotatable bonds is 8. The van der Waals surface area contributed by atoms with Gasteiger partial charge in [0.15, 0.2) is 0 Å².